The van der Waals surface area contributed by atoms with E-state index in [1.807, 2.05) is 32.9 Å². The lowest BCUT2D eigenvalue weighted by molar-refractivity contribution is -0.148. The Balaban J connectivity index is 2.98. The van der Waals surface area contributed by atoms with Gasteiger partial charge >= 0.3 is 5.97 Å². The number of hydrogen-bond acceptors (Lipinski definition) is 3. The maximum atomic E-state index is 11.5. The molecule has 0 spiro atoms. The minimum Gasteiger partial charge on any atom is -0.478 e. The van der Waals surface area contributed by atoms with Gasteiger partial charge in [0.25, 0.3) is 0 Å². The third kappa shape index (κ3) is 3.37. The summed E-state index contributed by atoms with van der Waals surface area (Å²) < 4.78 is 10.4. The minimum atomic E-state index is -0.571. The van der Waals surface area contributed by atoms with Gasteiger partial charge in [0.05, 0.1) is 7.11 Å². The van der Waals surface area contributed by atoms with E-state index in [4.69, 9.17) is 16.3 Å². The largest absolute Gasteiger partial charge is 0.478 e. The summed E-state index contributed by atoms with van der Waals surface area (Å²) in [6, 6.07) is 3.63. The first kappa shape index (κ1) is 13.8. The average Bonchev–Trinajstić information content (AvgIpc) is 2.27. The van der Waals surface area contributed by atoms with Crippen LogP contribution in [0.4, 0.5) is 0 Å². The predicted octanol–water partition coefficient (Wildman–Crippen LogP) is 3.29. The molecule has 4 heteroatoms. The molecule has 1 aromatic carbocycles. The number of benzene rings is 1. The van der Waals surface area contributed by atoms with Crippen LogP contribution in [0.25, 0.3) is 0 Å². The highest BCUT2D eigenvalue weighted by Crippen LogP contribution is 2.28. The molecule has 1 atom stereocenters. The van der Waals surface area contributed by atoms with Crippen LogP contribution in [0, 0.1) is 13.8 Å². The Morgan fingerprint density at radius 3 is 2.29 bits per heavy atom. The van der Waals surface area contributed by atoms with Crippen LogP contribution in [0.1, 0.15) is 24.5 Å². The molecule has 0 bridgehead atoms. The highest BCUT2D eigenvalue weighted by Gasteiger charge is 2.20. The first-order valence-electron chi connectivity index (χ1n) is 5.50. The first-order valence-corrected chi connectivity index (χ1v) is 5.88. The van der Waals surface area contributed by atoms with E-state index in [0.29, 0.717) is 17.2 Å². The standard InChI is InChI=1S/C13H17ClO3/c1-5-11(13(15)16-4)17-12-8(2)6-10(14)7-9(12)3/h6-7,11H,5H2,1-4H3/t11-/m1/s1. The molecule has 94 valence electrons. The lowest BCUT2D eigenvalue weighted by Crippen LogP contribution is -2.28. The molecular weight excluding hydrogens is 240 g/mol. The number of carbonyl (C=O) groups excluding carboxylic acids is 1. The Morgan fingerprint density at radius 2 is 1.88 bits per heavy atom. The van der Waals surface area contributed by atoms with Crippen molar-refractivity contribution in [2.75, 3.05) is 7.11 Å². The van der Waals surface area contributed by atoms with Crippen molar-refractivity contribution in [2.24, 2.45) is 0 Å². The van der Waals surface area contributed by atoms with Gasteiger partial charge in [0.15, 0.2) is 6.10 Å². The molecule has 17 heavy (non-hydrogen) atoms. The maximum absolute atomic E-state index is 11.5. The molecule has 0 saturated heterocycles. The molecule has 1 rings (SSSR count). The fourth-order valence-electron chi connectivity index (χ4n) is 1.66. The number of carbonyl (C=O) groups is 1. The zero-order valence-electron chi connectivity index (χ0n) is 10.5. The summed E-state index contributed by atoms with van der Waals surface area (Å²) in [5.74, 6) is 0.341. The molecule has 0 saturated carbocycles. The number of aryl methyl sites for hydroxylation is 2. The van der Waals surface area contributed by atoms with Gasteiger partial charge in [-0.3, -0.25) is 0 Å². The van der Waals surface area contributed by atoms with E-state index >= 15 is 0 Å². The summed E-state index contributed by atoms with van der Waals surface area (Å²) >= 11 is 5.94. The van der Waals surface area contributed by atoms with Crippen molar-refractivity contribution in [3.8, 4) is 5.75 Å². The van der Waals surface area contributed by atoms with Crippen LogP contribution < -0.4 is 4.74 Å². The third-order valence-corrected chi connectivity index (χ3v) is 2.74. The lowest BCUT2D eigenvalue weighted by atomic mass is 10.1. The lowest BCUT2D eigenvalue weighted by Gasteiger charge is -2.18. The SMILES string of the molecule is CC[C@@H](Oc1c(C)cc(Cl)cc1C)C(=O)OC. The summed E-state index contributed by atoms with van der Waals surface area (Å²) in [5.41, 5.74) is 1.83. The van der Waals surface area contributed by atoms with Gasteiger partial charge in [0.2, 0.25) is 0 Å². The zero-order chi connectivity index (χ0) is 13.0. The first-order chi connectivity index (χ1) is 7.99. The molecule has 0 aliphatic carbocycles. The number of rotatable bonds is 4. The quantitative estimate of drug-likeness (QED) is 0.776. The number of esters is 1. The van der Waals surface area contributed by atoms with E-state index < -0.39 is 6.10 Å². The third-order valence-electron chi connectivity index (χ3n) is 2.52. The van der Waals surface area contributed by atoms with Gasteiger partial charge in [0.1, 0.15) is 5.75 Å². The fraction of sp³-hybridized carbons (Fsp3) is 0.462. The van der Waals surface area contributed by atoms with Crippen molar-refractivity contribution in [3.05, 3.63) is 28.3 Å². The molecular formula is C13H17ClO3. The topological polar surface area (TPSA) is 35.5 Å². The zero-order valence-corrected chi connectivity index (χ0v) is 11.3. The monoisotopic (exact) mass is 256 g/mol. The van der Waals surface area contributed by atoms with E-state index in [9.17, 15) is 4.79 Å². The number of hydrogen-bond donors (Lipinski definition) is 0. The van der Waals surface area contributed by atoms with Gasteiger partial charge in [-0.15, -0.1) is 0 Å². The van der Waals surface area contributed by atoms with Gasteiger partial charge in [-0.1, -0.05) is 18.5 Å². The van der Waals surface area contributed by atoms with Crippen molar-refractivity contribution in [3.63, 3.8) is 0 Å². The van der Waals surface area contributed by atoms with Crippen molar-refractivity contribution < 1.29 is 14.3 Å². The van der Waals surface area contributed by atoms with E-state index in [2.05, 4.69) is 4.74 Å². The molecule has 0 unspecified atom stereocenters. The van der Waals surface area contributed by atoms with Gasteiger partial charge in [-0.25, -0.2) is 4.79 Å². The van der Waals surface area contributed by atoms with Crippen molar-refractivity contribution >= 4 is 17.6 Å². The molecule has 0 amide bonds. The van der Waals surface area contributed by atoms with Crippen LogP contribution >= 0.6 is 11.6 Å². The summed E-state index contributed by atoms with van der Waals surface area (Å²) in [4.78, 5) is 11.5. The molecule has 1 aromatic rings. The second-order valence-corrected chi connectivity index (χ2v) is 4.34. The van der Waals surface area contributed by atoms with Crippen LogP contribution in [0.15, 0.2) is 12.1 Å². The molecule has 0 aromatic heterocycles. The number of halogens is 1. The van der Waals surface area contributed by atoms with Gasteiger partial charge in [-0.05, 0) is 43.5 Å². The van der Waals surface area contributed by atoms with Crippen LogP contribution in [0.2, 0.25) is 5.02 Å². The fourth-order valence-corrected chi connectivity index (χ4v) is 1.98. The second-order valence-electron chi connectivity index (χ2n) is 3.91. The van der Waals surface area contributed by atoms with E-state index in [1.165, 1.54) is 7.11 Å². The predicted molar refractivity (Wildman–Crippen MR) is 67.6 cm³/mol. The smallest absolute Gasteiger partial charge is 0.347 e. The molecule has 0 heterocycles. The van der Waals surface area contributed by atoms with E-state index in [-0.39, 0.29) is 5.97 Å². The van der Waals surface area contributed by atoms with Gasteiger partial charge < -0.3 is 9.47 Å². The number of ether oxygens (including phenoxy) is 2. The molecule has 0 fully saturated rings. The Morgan fingerprint density at radius 1 is 1.35 bits per heavy atom. The van der Waals surface area contributed by atoms with Crippen LogP contribution in [-0.4, -0.2) is 19.2 Å². The van der Waals surface area contributed by atoms with E-state index in [1.54, 1.807) is 0 Å². The molecule has 0 radical (unpaired) electrons. The summed E-state index contributed by atoms with van der Waals surface area (Å²) in [5, 5.41) is 0.665. The normalized spacial score (nSPS) is 12.1. The van der Waals surface area contributed by atoms with Crippen molar-refractivity contribution in [1.29, 1.82) is 0 Å². The molecule has 0 aliphatic heterocycles. The molecule has 0 N–H and O–H groups in total. The molecule has 0 aliphatic rings. The summed E-state index contributed by atoms with van der Waals surface area (Å²) in [7, 11) is 1.36. The highest BCUT2D eigenvalue weighted by atomic mass is 35.5. The van der Waals surface area contributed by atoms with Gasteiger partial charge in [-0.2, -0.15) is 0 Å². The van der Waals surface area contributed by atoms with Crippen molar-refractivity contribution in [2.45, 2.75) is 33.3 Å². The maximum Gasteiger partial charge on any atom is 0.347 e. The number of methoxy groups -OCH3 is 1. The van der Waals surface area contributed by atoms with Crippen LogP contribution in [0.5, 0.6) is 5.75 Å². The average molecular weight is 257 g/mol. The summed E-state index contributed by atoms with van der Waals surface area (Å²) in [6.07, 6.45) is -0.00709. The Bertz CT molecular complexity index is 392. The van der Waals surface area contributed by atoms with Crippen LogP contribution in [0.3, 0.4) is 0 Å². The Kier molecular flexibility index (Phi) is 4.82. The van der Waals surface area contributed by atoms with Crippen LogP contribution in [-0.2, 0) is 9.53 Å². The minimum absolute atomic E-state index is 0.360. The van der Waals surface area contributed by atoms with E-state index in [0.717, 1.165) is 11.1 Å². The second kappa shape index (κ2) is 5.92. The Hall–Kier alpha value is -1.22. The highest BCUT2D eigenvalue weighted by molar-refractivity contribution is 6.30. The Labute approximate surface area is 107 Å². The summed E-state index contributed by atoms with van der Waals surface area (Å²) in [6.45, 7) is 5.68. The molecule has 3 nitrogen and oxygen atoms in total. The van der Waals surface area contributed by atoms with Gasteiger partial charge in [0, 0.05) is 5.02 Å². The van der Waals surface area contributed by atoms with Crippen molar-refractivity contribution in [1.82, 2.24) is 0 Å².